The van der Waals surface area contributed by atoms with Crippen LogP contribution in [0.3, 0.4) is 0 Å². The summed E-state index contributed by atoms with van der Waals surface area (Å²) in [6.45, 7) is 1.69. The van der Waals surface area contributed by atoms with E-state index in [1.165, 1.54) is 0 Å². The monoisotopic (exact) mass is 260 g/mol. The van der Waals surface area contributed by atoms with Gasteiger partial charge in [0.25, 0.3) is 0 Å². The second-order valence-electron chi connectivity index (χ2n) is 5.46. The first-order valence-electron chi connectivity index (χ1n) is 6.86. The Bertz CT molecular complexity index is 485. The van der Waals surface area contributed by atoms with Crippen LogP contribution < -0.4 is 4.74 Å². The van der Waals surface area contributed by atoms with E-state index in [1.54, 1.807) is 0 Å². The van der Waals surface area contributed by atoms with Gasteiger partial charge in [-0.2, -0.15) is 0 Å². The number of ether oxygens (including phenoxy) is 1. The molecular weight excluding hydrogens is 240 g/mol. The second kappa shape index (κ2) is 5.21. The molecule has 0 bridgehead atoms. The van der Waals surface area contributed by atoms with Gasteiger partial charge >= 0.3 is 0 Å². The van der Waals surface area contributed by atoms with Gasteiger partial charge in [-0.05, 0) is 39.1 Å². The zero-order chi connectivity index (χ0) is 13.2. The van der Waals surface area contributed by atoms with Gasteiger partial charge in [0.15, 0.2) is 0 Å². The van der Waals surface area contributed by atoms with Crippen LogP contribution in [0, 0.1) is 5.92 Å². The molecule has 1 fully saturated rings. The van der Waals surface area contributed by atoms with Crippen molar-refractivity contribution in [3.05, 3.63) is 29.8 Å². The zero-order valence-corrected chi connectivity index (χ0v) is 11.5. The number of oxime groups is 1. The molecule has 1 heterocycles. The van der Waals surface area contributed by atoms with Crippen LogP contribution in [-0.2, 0) is 4.84 Å². The Hall–Kier alpha value is -1.55. The van der Waals surface area contributed by atoms with E-state index in [2.05, 4.69) is 30.2 Å². The number of hydrogen-bond donors (Lipinski definition) is 0. The minimum Gasteiger partial charge on any atom is -0.489 e. The molecule has 2 unspecified atom stereocenters. The molecule has 0 N–H and O–H groups in total. The maximum Gasteiger partial charge on any atom is 0.128 e. The van der Waals surface area contributed by atoms with Crippen molar-refractivity contribution in [3.63, 3.8) is 0 Å². The van der Waals surface area contributed by atoms with Crippen LogP contribution in [0.5, 0.6) is 5.75 Å². The van der Waals surface area contributed by atoms with Crippen LogP contribution in [0.25, 0.3) is 0 Å². The summed E-state index contributed by atoms with van der Waals surface area (Å²) in [5.74, 6) is 1.38. The lowest BCUT2D eigenvalue weighted by Gasteiger charge is -2.17. The lowest BCUT2D eigenvalue weighted by Crippen LogP contribution is -2.19. The van der Waals surface area contributed by atoms with Gasteiger partial charge in [-0.25, -0.2) is 0 Å². The Morgan fingerprint density at radius 3 is 3.05 bits per heavy atom. The molecule has 0 radical (unpaired) electrons. The van der Waals surface area contributed by atoms with Crippen LogP contribution in [0.1, 0.15) is 18.4 Å². The predicted molar refractivity (Wildman–Crippen MR) is 74.6 cm³/mol. The van der Waals surface area contributed by atoms with Crippen LogP contribution in [0.15, 0.2) is 29.4 Å². The highest BCUT2D eigenvalue weighted by Gasteiger charge is 2.48. The van der Waals surface area contributed by atoms with Crippen LogP contribution in [-0.4, -0.2) is 44.0 Å². The number of rotatable bonds is 5. The molecule has 2 aliphatic rings. The van der Waals surface area contributed by atoms with Crippen molar-refractivity contribution in [3.8, 4) is 5.75 Å². The van der Waals surface area contributed by atoms with Gasteiger partial charge in [-0.1, -0.05) is 17.3 Å². The smallest absolute Gasteiger partial charge is 0.128 e. The molecule has 19 heavy (non-hydrogen) atoms. The van der Waals surface area contributed by atoms with Crippen molar-refractivity contribution in [1.29, 1.82) is 0 Å². The fourth-order valence-electron chi connectivity index (χ4n) is 2.41. The maximum absolute atomic E-state index is 5.85. The number of para-hydroxylation sites is 1. The summed E-state index contributed by atoms with van der Waals surface area (Å²) >= 11 is 0. The topological polar surface area (TPSA) is 34.1 Å². The molecule has 4 heteroatoms. The highest BCUT2D eigenvalue weighted by atomic mass is 16.6. The van der Waals surface area contributed by atoms with Crippen molar-refractivity contribution >= 4 is 5.71 Å². The summed E-state index contributed by atoms with van der Waals surface area (Å²) in [6, 6.07) is 8.08. The number of benzene rings is 1. The minimum absolute atomic E-state index is 0.319. The van der Waals surface area contributed by atoms with E-state index in [0.29, 0.717) is 18.6 Å². The minimum atomic E-state index is 0.319. The largest absolute Gasteiger partial charge is 0.489 e. The molecule has 1 aliphatic heterocycles. The summed E-state index contributed by atoms with van der Waals surface area (Å²) in [5.41, 5.74) is 2.16. The van der Waals surface area contributed by atoms with Gasteiger partial charge in [0, 0.05) is 18.0 Å². The lowest BCUT2D eigenvalue weighted by atomic mass is 10.0. The number of nitrogens with zero attached hydrogens (tertiary/aromatic N) is 2. The standard InChI is InChI=1S/C15H20N2O2/c1-17(2)8-5-9-18-16-15-11-6-3-4-7-13(11)19-14-10-12(14)15/h3-4,6-7,12,14H,5,8-10H2,1-2H3. The molecule has 3 rings (SSSR count). The van der Waals surface area contributed by atoms with E-state index >= 15 is 0 Å². The van der Waals surface area contributed by atoms with Crippen LogP contribution in [0.2, 0.25) is 0 Å². The van der Waals surface area contributed by atoms with E-state index in [4.69, 9.17) is 9.57 Å². The predicted octanol–water partition coefficient (Wildman–Crippen LogP) is 2.14. The average molecular weight is 260 g/mol. The quantitative estimate of drug-likeness (QED) is 0.601. The molecule has 0 aromatic heterocycles. The fourth-order valence-corrected chi connectivity index (χ4v) is 2.41. The summed E-state index contributed by atoms with van der Waals surface area (Å²) in [4.78, 5) is 7.63. The van der Waals surface area contributed by atoms with E-state index in [9.17, 15) is 0 Å². The first-order valence-corrected chi connectivity index (χ1v) is 6.86. The van der Waals surface area contributed by atoms with Crippen molar-refractivity contribution < 1.29 is 9.57 Å². The highest BCUT2D eigenvalue weighted by Crippen LogP contribution is 2.44. The molecule has 4 nitrogen and oxygen atoms in total. The molecule has 0 spiro atoms. The Kier molecular flexibility index (Phi) is 3.42. The van der Waals surface area contributed by atoms with Gasteiger partial charge in [-0.3, -0.25) is 0 Å². The molecule has 1 saturated carbocycles. The molecule has 102 valence electrons. The number of hydrogen-bond acceptors (Lipinski definition) is 4. The van der Waals surface area contributed by atoms with Gasteiger partial charge in [0.05, 0.1) is 5.71 Å². The Balaban J connectivity index is 1.64. The molecular formula is C15H20N2O2. The Morgan fingerprint density at radius 1 is 1.37 bits per heavy atom. The third-order valence-electron chi connectivity index (χ3n) is 3.53. The van der Waals surface area contributed by atoms with Gasteiger partial charge < -0.3 is 14.5 Å². The molecule has 2 atom stereocenters. The van der Waals surface area contributed by atoms with E-state index in [1.807, 2.05) is 18.2 Å². The van der Waals surface area contributed by atoms with Crippen molar-refractivity contribution in [1.82, 2.24) is 4.90 Å². The summed E-state index contributed by atoms with van der Waals surface area (Å²) in [7, 11) is 4.13. The van der Waals surface area contributed by atoms with E-state index in [-0.39, 0.29) is 0 Å². The Morgan fingerprint density at radius 2 is 2.21 bits per heavy atom. The SMILES string of the molecule is CN(C)CCCON=C1c2ccccc2OC2CC12. The average Bonchev–Trinajstić information content (AvgIpc) is 3.15. The molecule has 1 aromatic rings. The van der Waals surface area contributed by atoms with Crippen molar-refractivity contribution in [2.75, 3.05) is 27.2 Å². The van der Waals surface area contributed by atoms with Gasteiger partial charge in [0.1, 0.15) is 18.5 Å². The summed E-state index contributed by atoms with van der Waals surface area (Å²) < 4.78 is 5.85. The molecule has 1 aromatic carbocycles. The third kappa shape index (κ3) is 2.73. The highest BCUT2D eigenvalue weighted by molar-refractivity contribution is 6.07. The molecule has 0 amide bonds. The molecule has 0 saturated heterocycles. The van der Waals surface area contributed by atoms with E-state index < -0.39 is 0 Å². The van der Waals surface area contributed by atoms with Gasteiger partial charge in [-0.15, -0.1) is 0 Å². The summed E-state index contributed by atoms with van der Waals surface area (Å²) in [6.07, 6.45) is 2.38. The zero-order valence-electron chi connectivity index (χ0n) is 11.5. The fraction of sp³-hybridized carbons (Fsp3) is 0.533. The second-order valence-corrected chi connectivity index (χ2v) is 5.46. The van der Waals surface area contributed by atoms with Gasteiger partial charge in [0.2, 0.25) is 0 Å². The normalized spacial score (nSPS) is 25.7. The summed E-state index contributed by atoms with van der Waals surface area (Å²) in [5, 5.41) is 4.36. The first kappa shape index (κ1) is 12.5. The third-order valence-corrected chi connectivity index (χ3v) is 3.53. The number of fused-ring (bicyclic) bond motifs is 2. The molecule has 1 aliphatic carbocycles. The maximum atomic E-state index is 5.85. The van der Waals surface area contributed by atoms with Crippen molar-refractivity contribution in [2.24, 2.45) is 11.1 Å². The lowest BCUT2D eigenvalue weighted by molar-refractivity contribution is 0.133. The Labute approximate surface area is 114 Å². The first-order chi connectivity index (χ1) is 9.25. The van der Waals surface area contributed by atoms with Crippen LogP contribution in [0.4, 0.5) is 0 Å². The van der Waals surface area contributed by atoms with Crippen LogP contribution >= 0.6 is 0 Å². The van der Waals surface area contributed by atoms with E-state index in [0.717, 1.165) is 36.4 Å². The van der Waals surface area contributed by atoms with Crippen molar-refractivity contribution in [2.45, 2.75) is 18.9 Å².